The average Bonchev–Trinajstić information content (AvgIpc) is 2.53. The van der Waals surface area contributed by atoms with Crippen LogP contribution >= 0.6 is 0 Å². The molecule has 0 radical (unpaired) electrons. The first-order chi connectivity index (χ1) is 9.65. The normalized spacial score (nSPS) is 13.6. The highest BCUT2D eigenvalue weighted by atomic mass is 16.5. The van der Waals surface area contributed by atoms with Gasteiger partial charge in [0.25, 0.3) is 0 Å². The molecule has 0 bridgehead atoms. The molecule has 2 rings (SSSR count). The van der Waals surface area contributed by atoms with Gasteiger partial charge in [0, 0.05) is 18.2 Å². The summed E-state index contributed by atoms with van der Waals surface area (Å²) in [5.41, 5.74) is 7.44. The molecule has 2 unspecified atom stereocenters. The van der Waals surface area contributed by atoms with Gasteiger partial charge < -0.3 is 10.5 Å². The first kappa shape index (κ1) is 14.2. The Morgan fingerprint density at radius 1 is 1.20 bits per heavy atom. The highest BCUT2D eigenvalue weighted by Gasteiger charge is 2.26. The van der Waals surface area contributed by atoms with Crippen LogP contribution in [0.2, 0.25) is 0 Å². The van der Waals surface area contributed by atoms with Crippen LogP contribution in [0.25, 0.3) is 0 Å². The first-order valence-corrected chi connectivity index (χ1v) is 6.49. The Kier molecular flexibility index (Phi) is 4.48. The Bertz CT molecular complexity index is 584. The van der Waals surface area contributed by atoms with Crippen molar-refractivity contribution in [2.75, 3.05) is 7.11 Å². The minimum atomic E-state index is -0.374. The number of Topliss-reactive ketones (excluding diaryl/α,β-unsaturated/α-hetero) is 1. The lowest BCUT2D eigenvalue weighted by molar-refractivity contribution is 0.0904. The van der Waals surface area contributed by atoms with E-state index in [1.54, 1.807) is 18.3 Å². The summed E-state index contributed by atoms with van der Waals surface area (Å²) < 4.78 is 5.18. The molecule has 0 aliphatic rings. The summed E-state index contributed by atoms with van der Waals surface area (Å²) in [6, 6.07) is 12.7. The Morgan fingerprint density at radius 2 is 1.90 bits per heavy atom. The van der Waals surface area contributed by atoms with Gasteiger partial charge in [-0.2, -0.15) is 0 Å². The number of carbonyl (C=O) groups is 1. The van der Waals surface area contributed by atoms with Crippen LogP contribution in [-0.4, -0.2) is 17.9 Å². The van der Waals surface area contributed by atoms with E-state index in [1.165, 1.54) is 7.11 Å². The van der Waals surface area contributed by atoms with Crippen molar-refractivity contribution in [3.05, 3.63) is 59.9 Å². The molecule has 4 heteroatoms. The lowest BCUT2D eigenvalue weighted by Gasteiger charge is -2.19. The van der Waals surface area contributed by atoms with E-state index in [2.05, 4.69) is 4.98 Å². The number of methoxy groups -OCH3 is 1. The van der Waals surface area contributed by atoms with Crippen LogP contribution in [0.4, 0.5) is 0 Å². The van der Waals surface area contributed by atoms with E-state index in [0.29, 0.717) is 11.4 Å². The second kappa shape index (κ2) is 6.30. The predicted octanol–water partition coefficient (Wildman–Crippen LogP) is 2.61. The van der Waals surface area contributed by atoms with Gasteiger partial charge in [0.2, 0.25) is 0 Å². The minimum absolute atomic E-state index is 0.112. The molecule has 1 aromatic carbocycles. The minimum Gasteiger partial charge on any atom is -0.494 e. The van der Waals surface area contributed by atoms with Gasteiger partial charge in [-0.3, -0.25) is 4.79 Å². The third kappa shape index (κ3) is 2.86. The monoisotopic (exact) mass is 270 g/mol. The third-order valence-corrected chi connectivity index (χ3v) is 3.36. The lowest BCUT2D eigenvalue weighted by atomic mass is 9.90. The van der Waals surface area contributed by atoms with Gasteiger partial charge in [-0.05, 0) is 17.7 Å². The summed E-state index contributed by atoms with van der Waals surface area (Å²) in [5, 5.41) is 0. The number of benzene rings is 1. The molecule has 2 atom stereocenters. The molecular weight excluding hydrogens is 252 g/mol. The second-order valence-electron chi connectivity index (χ2n) is 4.64. The third-order valence-electron chi connectivity index (χ3n) is 3.36. The van der Waals surface area contributed by atoms with Crippen molar-refractivity contribution in [2.24, 2.45) is 11.7 Å². The summed E-state index contributed by atoms with van der Waals surface area (Å²) in [6.45, 7) is 1.81. The molecule has 20 heavy (non-hydrogen) atoms. The molecule has 0 spiro atoms. The summed E-state index contributed by atoms with van der Waals surface area (Å²) in [6.07, 6.45) is 1.58. The van der Waals surface area contributed by atoms with Crippen LogP contribution in [0.1, 0.15) is 29.0 Å². The van der Waals surface area contributed by atoms with Gasteiger partial charge in [0.15, 0.2) is 5.78 Å². The van der Waals surface area contributed by atoms with Crippen LogP contribution in [0.15, 0.2) is 48.7 Å². The van der Waals surface area contributed by atoms with Gasteiger partial charge in [0.05, 0.1) is 7.11 Å². The fourth-order valence-electron chi connectivity index (χ4n) is 2.08. The van der Waals surface area contributed by atoms with Gasteiger partial charge in [-0.15, -0.1) is 0 Å². The van der Waals surface area contributed by atoms with Crippen LogP contribution in [-0.2, 0) is 0 Å². The fourth-order valence-corrected chi connectivity index (χ4v) is 2.08. The number of carbonyl (C=O) groups excluding carboxylic acids is 1. The molecule has 1 heterocycles. The zero-order valence-electron chi connectivity index (χ0n) is 11.6. The van der Waals surface area contributed by atoms with E-state index in [9.17, 15) is 4.79 Å². The van der Waals surface area contributed by atoms with Gasteiger partial charge >= 0.3 is 0 Å². The van der Waals surface area contributed by atoms with Crippen LogP contribution in [0, 0.1) is 5.92 Å². The van der Waals surface area contributed by atoms with Crippen molar-refractivity contribution in [1.82, 2.24) is 4.98 Å². The molecule has 2 aromatic rings. The summed E-state index contributed by atoms with van der Waals surface area (Å²) in [4.78, 5) is 16.6. The molecule has 0 saturated heterocycles. The number of rotatable bonds is 5. The first-order valence-electron chi connectivity index (χ1n) is 6.49. The molecule has 0 amide bonds. The molecule has 0 fully saturated rings. The van der Waals surface area contributed by atoms with Crippen molar-refractivity contribution < 1.29 is 9.53 Å². The van der Waals surface area contributed by atoms with Crippen molar-refractivity contribution >= 4 is 5.78 Å². The zero-order chi connectivity index (χ0) is 14.5. The highest BCUT2D eigenvalue weighted by molar-refractivity contribution is 5.98. The predicted molar refractivity (Wildman–Crippen MR) is 77.7 cm³/mol. The Labute approximate surface area is 118 Å². The number of pyridine rings is 1. The summed E-state index contributed by atoms with van der Waals surface area (Å²) in [7, 11) is 1.52. The van der Waals surface area contributed by atoms with E-state index in [0.717, 1.165) is 5.56 Å². The number of nitrogens with two attached hydrogens (primary N) is 1. The second-order valence-corrected chi connectivity index (χ2v) is 4.64. The maximum absolute atomic E-state index is 12.5. The molecule has 2 N–H and O–H groups in total. The van der Waals surface area contributed by atoms with E-state index < -0.39 is 0 Å². The van der Waals surface area contributed by atoms with Gasteiger partial charge in [-0.25, -0.2) is 4.98 Å². The summed E-state index contributed by atoms with van der Waals surface area (Å²) >= 11 is 0. The Hall–Kier alpha value is -2.20. The molecule has 0 aliphatic heterocycles. The van der Waals surface area contributed by atoms with Gasteiger partial charge in [0.1, 0.15) is 11.4 Å². The number of hydrogen-bond donors (Lipinski definition) is 1. The van der Waals surface area contributed by atoms with Crippen molar-refractivity contribution in [1.29, 1.82) is 0 Å². The van der Waals surface area contributed by atoms with E-state index in [4.69, 9.17) is 10.5 Å². The molecule has 1 aromatic heterocycles. The SMILES string of the molecule is COc1cccnc1C(=O)C(C)C(N)c1ccccc1. The van der Waals surface area contributed by atoms with E-state index >= 15 is 0 Å². The topological polar surface area (TPSA) is 65.2 Å². The molecular formula is C16H18N2O2. The quantitative estimate of drug-likeness (QED) is 0.848. The smallest absolute Gasteiger partial charge is 0.189 e. The Balaban J connectivity index is 2.24. The van der Waals surface area contributed by atoms with Crippen LogP contribution in [0.5, 0.6) is 5.75 Å². The largest absolute Gasteiger partial charge is 0.494 e. The number of hydrogen-bond acceptors (Lipinski definition) is 4. The van der Waals surface area contributed by atoms with Crippen molar-refractivity contribution in [2.45, 2.75) is 13.0 Å². The maximum Gasteiger partial charge on any atom is 0.189 e. The van der Waals surface area contributed by atoms with E-state index in [-0.39, 0.29) is 17.7 Å². The number of nitrogens with zero attached hydrogens (tertiary/aromatic N) is 1. The Morgan fingerprint density at radius 3 is 2.55 bits per heavy atom. The lowest BCUT2D eigenvalue weighted by Crippen LogP contribution is -2.27. The van der Waals surface area contributed by atoms with Crippen LogP contribution < -0.4 is 10.5 Å². The zero-order valence-corrected chi connectivity index (χ0v) is 11.6. The van der Waals surface area contributed by atoms with E-state index in [1.807, 2.05) is 37.3 Å². The average molecular weight is 270 g/mol. The van der Waals surface area contributed by atoms with Gasteiger partial charge in [-0.1, -0.05) is 37.3 Å². The van der Waals surface area contributed by atoms with Crippen LogP contribution in [0.3, 0.4) is 0 Å². The maximum atomic E-state index is 12.5. The standard InChI is InChI=1S/C16H18N2O2/c1-11(14(17)12-7-4-3-5-8-12)16(19)15-13(20-2)9-6-10-18-15/h3-11,14H,17H2,1-2H3. The number of aromatic nitrogens is 1. The van der Waals surface area contributed by atoms with Crippen molar-refractivity contribution in [3.63, 3.8) is 0 Å². The van der Waals surface area contributed by atoms with Crippen molar-refractivity contribution in [3.8, 4) is 5.75 Å². The number of ether oxygens (including phenoxy) is 1. The molecule has 4 nitrogen and oxygen atoms in total. The molecule has 0 aliphatic carbocycles. The highest BCUT2D eigenvalue weighted by Crippen LogP contribution is 2.25. The summed E-state index contributed by atoms with van der Waals surface area (Å²) in [5.74, 6) is -0.00962. The molecule has 0 saturated carbocycles. The molecule has 104 valence electrons. The fraction of sp³-hybridized carbons (Fsp3) is 0.250. The number of ketones is 1.